The molecule has 1 fully saturated rings. The molecule has 1 aliphatic heterocycles. The van der Waals surface area contributed by atoms with Crippen LogP contribution in [0.5, 0.6) is 0 Å². The first-order chi connectivity index (χ1) is 13.8. The number of halogens is 1. The largest absolute Gasteiger partial charge is 0.373 e. The number of benzene rings is 1. The van der Waals surface area contributed by atoms with Crippen LogP contribution >= 0.6 is 12.4 Å². The molecule has 30 heavy (non-hydrogen) atoms. The van der Waals surface area contributed by atoms with E-state index in [2.05, 4.69) is 19.2 Å². The van der Waals surface area contributed by atoms with Gasteiger partial charge < -0.3 is 10.1 Å². The van der Waals surface area contributed by atoms with Crippen LogP contribution < -0.4 is 5.32 Å². The summed E-state index contributed by atoms with van der Waals surface area (Å²) in [4.78, 5) is 0. The van der Waals surface area contributed by atoms with Gasteiger partial charge in [0, 0.05) is 37.9 Å². The molecule has 0 saturated carbocycles. The van der Waals surface area contributed by atoms with Crippen molar-refractivity contribution < 1.29 is 13.2 Å². The third kappa shape index (κ3) is 6.28. The van der Waals surface area contributed by atoms with Gasteiger partial charge in [0.1, 0.15) is 0 Å². The summed E-state index contributed by atoms with van der Waals surface area (Å²) in [6, 6.07) is 10.00. The van der Waals surface area contributed by atoms with Crippen molar-refractivity contribution in [2.24, 2.45) is 0 Å². The van der Waals surface area contributed by atoms with Crippen LogP contribution in [-0.4, -0.2) is 60.1 Å². The fourth-order valence-electron chi connectivity index (χ4n) is 3.67. The maximum Gasteiger partial charge on any atom is 0.215 e. The second kappa shape index (κ2) is 10.7. The number of morpholine rings is 1. The van der Waals surface area contributed by atoms with Crippen molar-refractivity contribution in [1.29, 1.82) is 0 Å². The topological polar surface area (TPSA) is 76.5 Å². The van der Waals surface area contributed by atoms with Gasteiger partial charge in [-0.15, -0.1) is 12.4 Å². The van der Waals surface area contributed by atoms with E-state index in [1.807, 2.05) is 55.1 Å². The van der Waals surface area contributed by atoms with E-state index in [1.165, 1.54) is 0 Å². The highest BCUT2D eigenvalue weighted by atomic mass is 35.5. The highest BCUT2D eigenvalue weighted by molar-refractivity contribution is 7.89. The Hall–Kier alpha value is -1.45. The van der Waals surface area contributed by atoms with E-state index in [0.29, 0.717) is 26.2 Å². The Kier molecular flexibility index (Phi) is 8.87. The summed E-state index contributed by atoms with van der Waals surface area (Å²) in [5.74, 6) is 0.368. The van der Waals surface area contributed by atoms with E-state index in [0.717, 1.165) is 16.9 Å². The third-order valence-corrected chi connectivity index (χ3v) is 6.83. The van der Waals surface area contributed by atoms with E-state index < -0.39 is 10.0 Å². The second-order valence-electron chi connectivity index (χ2n) is 8.04. The number of rotatable bonds is 8. The lowest BCUT2D eigenvalue weighted by atomic mass is 10.1. The summed E-state index contributed by atoms with van der Waals surface area (Å²) >= 11 is 0. The normalized spacial score (nSPS) is 20.3. The van der Waals surface area contributed by atoms with Gasteiger partial charge in [0.15, 0.2) is 0 Å². The molecule has 1 aromatic heterocycles. The molecule has 2 heterocycles. The molecule has 168 valence electrons. The predicted molar refractivity (Wildman–Crippen MR) is 122 cm³/mol. The van der Waals surface area contributed by atoms with Crippen molar-refractivity contribution in [3.63, 3.8) is 0 Å². The van der Waals surface area contributed by atoms with Gasteiger partial charge in [-0.3, -0.25) is 0 Å². The fraction of sp³-hybridized carbons (Fsp3) is 0.571. The van der Waals surface area contributed by atoms with E-state index in [1.54, 1.807) is 4.31 Å². The zero-order valence-corrected chi connectivity index (χ0v) is 19.7. The fourth-order valence-corrected chi connectivity index (χ4v) is 5.20. The number of nitrogens with zero attached hydrogens (tertiary/aromatic N) is 3. The number of hydrogen-bond donors (Lipinski definition) is 1. The molecule has 2 atom stereocenters. The van der Waals surface area contributed by atoms with Crippen LogP contribution in [0.2, 0.25) is 0 Å². The first-order valence-electron chi connectivity index (χ1n) is 10.2. The number of aromatic nitrogens is 2. The Morgan fingerprint density at radius 2 is 1.80 bits per heavy atom. The zero-order valence-electron chi connectivity index (χ0n) is 18.1. The Morgan fingerprint density at radius 3 is 2.40 bits per heavy atom. The van der Waals surface area contributed by atoms with Gasteiger partial charge in [-0.25, -0.2) is 13.1 Å². The first kappa shape index (κ1) is 24.8. The van der Waals surface area contributed by atoms with Crippen LogP contribution in [0.15, 0.2) is 36.5 Å². The van der Waals surface area contributed by atoms with Crippen molar-refractivity contribution in [2.45, 2.75) is 52.4 Å². The quantitative estimate of drug-likeness (QED) is 0.618. The predicted octanol–water partition coefficient (Wildman–Crippen LogP) is 2.95. The standard InChI is InChI=1S/C21H32N4O3S.ClH/c1-16(2)21-19(15-25(23-21)20-8-6-5-7-9-20)12-22-10-11-29(26,27)24-13-17(3)28-18(4)14-24;/h5-9,15-18,22H,10-14H2,1-4H3;1H. The lowest BCUT2D eigenvalue weighted by Gasteiger charge is -2.34. The summed E-state index contributed by atoms with van der Waals surface area (Å²) in [7, 11) is -3.30. The second-order valence-corrected chi connectivity index (χ2v) is 10.1. The molecule has 0 amide bonds. The van der Waals surface area contributed by atoms with Gasteiger partial charge in [-0.05, 0) is 31.9 Å². The summed E-state index contributed by atoms with van der Waals surface area (Å²) in [6.45, 7) is 9.89. The average Bonchev–Trinajstić information content (AvgIpc) is 3.10. The Morgan fingerprint density at radius 1 is 1.17 bits per heavy atom. The molecule has 0 bridgehead atoms. The Balaban J connectivity index is 0.00000320. The minimum absolute atomic E-state index is 0. The minimum atomic E-state index is -3.30. The number of hydrogen-bond acceptors (Lipinski definition) is 5. The summed E-state index contributed by atoms with van der Waals surface area (Å²) in [5.41, 5.74) is 3.13. The SMILES string of the molecule is CC1CN(S(=O)(=O)CCNCc2cn(-c3ccccc3)nc2C(C)C)CC(C)O1.Cl. The monoisotopic (exact) mass is 456 g/mol. The van der Waals surface area contributed by atoms with Gasteiger partial charge in [0.25, 0.3) is 0 Å². The maximum atomic E-state index is 12.7. The molecule has 1 aliphatic rings. The molecule has 3 rings (SSSR count). The highest BCUT2D eigenvalue weighted by Crippen LogP contribution is 2.20. The van der Waals surface area contributed by atoms with Crippen LogP contribution in [-0.2, 0) is 21.3 Å². The lowest BCUT2D eigenvalue weighted by molar-refractivity contribution is -0.0440. The van der Waals surface area contributed by atoms with Crippen LogP contribution in [0, 0.1) is 0 Å². The molecular formula is C21H33ClN4O3S. The molecule has 0 radical (unpaired) electrons. The molecule has 1 saturated heterocycles. The average molecular weight is 457 g/mol. The third-order valence-electron chi connectivity index (χ3n) is 5.02. The summed E-state index contributed by atoms with van der Waals surface area (Å²) in [5, 5.41) is 8.02. The maximum absolute atomic E-state index is 12.7. The van der Waals surface area contributed by atoms with E-state index in [-0.39, 0.29) is 36.3 Å². The van der Waals surface area contributed by atoms with Crippen molar-refractivity contribution in [2.75, 3.05) is 25.4 Å². The zero-order chi connectivity index (χ0) is 21.0. The molecule has 2 unspecified atom stereocenters. The minimum Gasteiger partial charge on any atom is -0.373 e. The van der Waals surface area contributed by atoms with Crippen molar-refractivity contribution in [3.05, 3.63) is 47.8 Å². The highest BCUT2D eigenvalue weighted by Gasteiger charge is 2.30. The number of nitrogens with one attached hydrogen (secondary N) is 1. The Labute approximate surface area is 186 Å². The molecule has 9 heteroatoms. The van der Waals surface area contributed by atoms with E-state index in [9.17, 15) is 8.42 Å². The molecule has 7 nitrogen and oxygen atoms in total. The van der Waals surface area contributed by atoms with E-state index in [4.69, 9.17) is 9.84 Å². The molecule has 2 aromatic rings. The van der Waals surface area contributed by atoms with Gasteiger partial charge in [0.05, 0.1) is 29.3 Å². The summed E-state index contributed by atoms with van der Waals surface area (Å²) in [6.07, 6.45) is 1.88. The van der Waals surface area contributed by atoms with E-state index >= 15 is 0 Å². The molecule has 0 spiro atoms. The molecule has 0 aliphatic carbocycles. The van der Waals surface area contributed by atoms with Crippen LogP contribution in [0.3, 0.4) is 0 Å². The number of para-hydroxylation sites is 1. The Bertz CT molecular complexity index is 892. The van der Waals surface area contributed by atoms with Crippen molar-refractivity contribution >= 4 is 22.4 Å². The van der Waals surface area contributed by atoms with Crippen LogP contribution in [0.4, 0.5) is 0 Å². The lowest BCUT2D eigenvalue weighted by Crippen LogP contribution is -2.49. The van der Waals surface area contributed by atoms with Crippen LogP contribution in [0.1, 0.15) is 44.9 Å². The summed E-state index contributed by atoms with van der Waals surface area (Å²) < 4.78 is 34.4. The smallest absolute Gasteiger partial charge is 0.215 e. The van der Waals surface area contributed by atoms with Gasteiger partial charge in [-0.1, -0.05) is 32.0 Å². The number of sulfonamides is 1. The first-order valence-corrected chi connectivity index (χ1v) is 11.8. The number of ether oxygens (including phenoxy) is 1. The molecule has 1 N–H and O–H groups in total. The van der Waals surface area contributed by atoms with Gasteiger partial charge in [-0.2, -0.15) is 9.40 Å². The molecular weight excluding hydrogens is 424 g/mol. The van der Waals surface area contributed by atoms with Crippen molar-refractivity contribution in [1.82, 2.24) is 19.4 Å². The molecule has 1 aromatic carbocycles. The van der Waals surface area contributed by atoms with Crippen LogP contribution in [0.25, 0.3) is 5.69 Å². The van der Waals surface area contributed by atoms with Gasteiger partial charge >= 0.3 is 0 Å². The van der Waals surface area contributed by atoms with Gasteiger partial charge in [0.2, 0.25) is 10.0 Å². The van der Waals surface area contributed by atoms with Crippen molar-refractivity contribution in [3.8, 4) is 5.69 Å².